The van der Waals surface area contributed by atoms with Crippen molar-refractivity contribution in [2.45, 2.75) is 25.4 Å². The first-order chi connectivity index (χ1) is 13.7. The van der Waals surface area contributed by atoms with E-state index in [1.807, 2.05) is 36.9 Å². The van der Waals surface area contributed by atoms with Crippen LogP contribution in [-0.2, 0) is 20.6 Å². The Morgan fingerprint density at radius 1 is 1.28 bits per heavy atom. The summed E-state index contributed by atoms with van der Waals surface area (Å²) in [6, 6.07) is 8.16. The summed E-state index contributed by atoms with van der Waals surface area (Å²) in [4.78, 5) is 4.49. The highest BCUT2D eigenvalue weighted by Gasteiger charge is 2.27. The summed E-state index contributed by atoms with van der Waals surface area (Å²) in [5.74, 6) is 0.696. The van der Waals surface area contributed by atoms with Gasteiger partial charge in [0, 0.05) is 40.3 Å². The number of halogens is 2. The molecule has 0 radical (unpaired) electrons. The Morgan fingerprint density at radius 3 is 2.66 bits per heavy atom. The molecule has 29 heavy (non-hydrogen) atoms. The molecule has 6 nitrogen and oxygen atoms in total. The number of anilines is 1. The molecule has 0 aliphatic carbocycles. The molecule has 2 heterocycles. The van der Waals surface area contributed by atoms with Crippen LogP contribution in [0.4, 0.5) is 5.82 Å². The summed E-state index contributed by atoms with van der Waals surface area (Å²) < 4.78 is 3.89. The van der Waals surface area contributed by atoms with Gasteiger partial charge in [-0.2, -0.15) is 5.26 Å². The molecule has 1 saturated heterocycles. The van der Waals surface area contributed by atoms with Crippen LogP contribution in [0.15, 0.2) is 18.2 Å². The highest BCUT2D eigenvalue weighted by atomic mass is 35.5. The molecule has 0 spiro atoms. The van der Waals surface area contributed by atoms with E-state index in [9.17, 15) is 5.26 Å². The molecule has 1 N–H and O–H groups in total. The van der Waals surface area contributed by atoms with E-state index in [0.29, 0.717) is 26.2 Å². The van der Waals surface area contributed by atoms with E-state index in [1.165, 1.54) is 0 Å². The lowest BCUT2D eigenvalue weighted by atomic mass is 10.0. The highest BCUT2D eigenvalue weighted by molar-refractivity contribution is 7.71. The maximum Gasteiger partial charge on any atom is 0.182 e. The fraction of sp³-hybridized carbons (Fsp3) is 0.450. The SMILES string of the molecule is CN(c1c(C#N)c(=N)n(C)c(=S)n1C)C1CCCN(Cc2ccc(Cl)c(Cl)c2)C1. The standard InChI is InChI=1S/C20H24Cl2N6S/c1-25(19-15(10-23)18(24)26(2)20(29)27(19)3)14-5-4-8-28(12-14)11-13-6-7-16(21)17(22)9-13/h6-7,9,14,24H,4-5,8,11-12H2,1-3H3. The Labute approximate surface area is 186 Å². The molecule has 1 aliphatic heterocycles. The van der Waals surface area contributed by atoms with E-state index in [4.69, 9.17) is 40.8 Å². The van der Waals surface area contributed by atoms with Gasteiger partial charge in [-0.25, -0.2) is 0 Å². The highest BCUT2D eigenvalue weighted by Crippen LogP contribution is 2.26. The summed E-state index contributed by atoms with van der Waals surface area (Å²) in [5, 5.41) is 19.1. The smallest absolute Gasteiger partial charge is 0.182 e. The molecule has 1 aromatic carbocycles. The molecule has 9 heteroatoms. The fourth-order valence-electron chi connectivity index (χ4n) is 3.93. The quantitative estimate of drug-likeness (QED) is 0.718. The van der Waals surface area contributed by atoms with Crippen molar-refractivity contribution in [2.75, 3.05) is 25.0 Å². The molecule has 154 valence electrons. The van der Waals surface area contributed by atoms with E-state index in [2.05, 4.69) is 15.9 Å². The second-order valence-corrected chi connectivity index (χ2v) is 8.63. The van der Waals surface area contributed by atoms with Crippen molar-refractivity contribution in [3.05, 3.63) is 49.6 Å². The van der Waals surface area contributed by atoms with Crippen LogP contribution in [0.5, 0.6) is 0 Å². The van der Waals surface area contributed by atoms with Gasteiger partial charge >= 0.3 is 0 Å². The summed E-state index contributed by atoms with van der Waals surface area (Å²) in [5.41, 5.74) is 1.60. The normalized spacial score (nSPS) is 17.2. The van der Waals surface area contributed by atoms with E-state index in [1.54, 1.807) is 11.6 Å². The van der Waals surface area contributed by atoms with Gasteiger partial charge in [-0.15, -0.1) is 0 Å². The molecule has 1 aliphatic rings. The number of hydrogen-bond acceptors (Lipinski definition) is 5. The van der Waals surface area contributed by atoms with Crippen LogP contribution in [0.25, 0.3) is 0 Å². The van der Waals surface area contributed by atoms with Crippen molar-refractivity contribution in [1.29, 1.82) is 10.7 Å². The fourth-order valence-corrected chi connectivity index (χ4v) is 4.43. The summed E-state index contributed by atoms with van der Waals surface area (Å²) >= 11 is 17.7. The first kappa shape index (κ1) is 21.8. The Balaban J connectivity index is 1.86. The summed E-state index contributed by atoms with van der Waals surface area (Å²) in [6.45, 7) is 2.64. The summed E-state index contributed by atoms with van der Waals surface area (Å²) in [7, 11) is 5.55. The molecular formula is C20H24Cl2N6S. The zero-order valence-corrected chi connectivity index (χ0v) is 19.1. The van der Waals surface area contributed by atoms with Gasteiger partial charge < -0.3 is 14.0 Å². The summed E-state index contributed by atoms with van der Waals surface area (Å²) in [6.07, 6.45) is 2.07. The van der Waals surface area contributed by atoms with Crippen molar-refractivity contribution < 1.29 is 0 Å². The monoisotopic (exact) mass is 450 g/mol. The van der Waals surface area contributed by atoms with Gasteiger partial charge in [-0.05, 0) is 49.3 Å². The topological polar surface area (TPSA) is 64.0 Å². The lowest BCUT2D eigenvalue weighted by Gasteiger charge is -2.39. The maximum atomic E-state index is 9.69. The minimum absolute atomic E-state index is 0.140. The van der Waals surface area contributed by atoms with Crippen LogP contribution in [0.2, 0.25) is 10.0 Å². The van der Waals surface area contributed by atoms with Crippen LogP contribution in [0, 0.1) is 21.5 Å². The van der Waals surface area contributed by atoms with Crippen LogP contribution in [0.3, 0.4) is 0 Å². The molecule has 0 saturated carbocycles. The second kappa shape index (κ2) is 8.88. The Hall–Kier alpha value is -1.85. The third kappa shape index (κ3) is 4.36. The first-order valence-electron chi connectivity index (χ1n) is 9.38. The number of piperidine rings is 1. The van der Waals surface area contributed by atoms with Crippen molar-refractivity contribution >= 4 is 41.2 Å². The molecule has 1 unspecified atom stereocenters. The van der Waals surface area contributed by atoms with Crippen molar-refractivity contribution in [3.63, 3.8) is 0 Å². The predicted molar refractivity (Wildman–Crippen MR) is 119 cm³/mol. The van der Waals surface area contributed by atoms with Gasteiger partial charge in [0.25, 0.3) is 0 Å². The molecule has 1 aromatic heterocycles. The largest absolute Gasteiger partial charge is 0.356 e. The lowest BCUT2D eigenvalue weighted by Crippen LogP contribution is -2.48. The van der Waals surface area contributed by atoms with Crippen LogP contribution in [0.1, 0.15) is 24.0 Å². The van der Waals surface area contributed by atoms with E-state index in [0.717, 1.165) is 38.0 Å². The molecule has 0 bridgehead atoms. The van der Waals surface area contributed by atoms with Gasteiger partial charge in [0.05, 0.1) is 10.0 Å². The van der Waals surface area contributed by atoms with Gasteiger partial charge in [-0.3, -0.25) is 10.3 Å². The maximum absolute atomic E-state index is 9.69. The third-order valence-electron chi connectivity index (χ3n) is 5.55. The van der Waals surface area contributed by atoms with Crippen LogP contribution >= 0.6 is 35.4 Å². The average molecular weight is 451 g/mol. The number of nitrogens with one attached hydrogen (secondary N) is 1. The van der Waals surface area contributed by atoms with E-state index < -0.39 is 0 Å². The number of aromatic nitrogens is 2. The number of likely N-dealkylation sites (N-methyl/N-ethyl adjacent to an activating group) is 1. The zero-order chi connectivity index (χ0) is 21.3. The van der Waals surface area contributed by atoms with Crippen LogP contribution in [-0.4, -0.2) is 40.2 Å². The lowest BCUT2D eigenvalue weighted by molar-refractivity contribution is 0.198. The average Bonchev–Trinajstić information content (AvgIpc) is 2.71. The van der Waals surface area contributed by atoms with Gasteiger partial charge in [-0.1, -0.05) is 29.3 Å². The van der Waals surface area contributed by atoms with E-state index in [-0.39, 0.29) is 11.5 Å². The molecule has 3 rings (SSSR count). The molecule has 0 amide bonds. The molecular weight excluding hydrogens is 427 g/mol. The minimum Gasteiger partial charge on any atom is -0.356 e. The van der Waals surface area contributed by atoms with Gasteiger partial charge in [0.15, 0.2) is 4.77 Å². The predicted octanol–water partition coefficient (Wildman–Crippen LogP) is 3.85. The molecule has 1 fully saturated rings. The van der Waals surface area contributed by atoms with E-state index >= 15 is 0 Å². The number of nitrogens with zero attached hydrogens (tertiary/aromatic N) is 5. The third-order valence-corrected chi connectivity index (χ3v) is 6.84. The van der Waals surface area contributed by atoms with Crippen molar-refractivity contribution in [3.8, 4) is 6.07 Å². The zero-order valence-electron chi connectivity index (χ0n) is 16.7. The van der Waals surface area contributed by atoms with Gasteiger partial charge in [0.2, 0.25) is 0 Å². The van der Waals surface area contributed by atoms with Crippen LogP contribution < -0.4 is 10.4 Å². The Kier molecular flexibility index (Phi) is 6.69. The number of likely N-dealkylation sites (tertiary alicyclic amines) is 1. The Morgan fingerprint density at radius 2 is 2.00 bits per heavy atom. The second-order valence-electron chi connectivity index (χ2n) is 7.45. The first-order valence-corrected chi connectivity index (χ1v) is 10.5. The van der Waals surface area contributed by atoms with Crippen molar-refractivity contribution in [1.82, 2.24) is 14.0 Å². The Bertz CT molecular complexity index is 1080. The molecule has 1 atom stereocenters. The van der Waals surface area contributed by atoms with Gasteiger partial charge in [0.1, 0.15) is 22.9 Å². The molecule has 2 aromatic rings. The van der Waals surface area contributed by atoms with Crippen molar-refractivity contribution in [2.24, 2.45) is 14.1 Å². The number of benzene rings is 1. The minimum atomic E-state index is 0.140. The number of nitriles is 1. The number of rotatable bonds is 4. The number of hydrogen-bond donors (Lipinski definition) is 1.